The van der Waals surface area contributed by atoms with Gasteiger partial charge in [0.05, 0.1) is 36.4 Å². The smallest absolute Gasteiger partial charge is 0.303 e. The molecule has 1 N–H and O–H groups in total. The number of hydrogen-bond donors (Lipinski definition) is 1. The number of para-hydroxylation sites is 1. The number of nitrogens with zero attached hydrogens (tertiary/aromatic N) is 4. The highest BCUT2D eigenvalue weighted by molar-refractivity contribution is 6.33. The van der Waals surface area contributed by atoms with Crippen molar-refractivity contribution in [3.8, 4) is 6.07 Å². The second-order valence-corrected chi connectivity index (χ2v) is 11.4. The monoisotopic (exact) mass is 576 g/mol. The van der Waals surface area contributed by atoms with Gasteiger partial charge in [-0.1, -0.05) is 41.4 Å². The summed E-state index contributed by atoms with van der Waals surface area (Å²) in [7, 11) is 0. The summed E-state index contributed by atoms with van der Waals surface area (Å²) in [6, 6.07) is 17.9. The molecule has 7 nitrogen and oxygen atoms in total. The van der Waals surface area contributed by atoms with E-state index >= 15 is 0 Å². The SMILES string of the molecule is N#CC1CCC(CN(Cc2cc3c4ccccc4n(Cc4cc(Cl)ccc4Cl)c3cn2)C(=O)CCC(=O)O)CC1. The summed E-state index contributed by atoms with van der Waals surface area (Å²) in [5.74, 6) is -0.818. The van der Waals surface area contributed by atoms with Gasteiger partial charge in [0.2, 0.25) is 5.91 Å². The minimum atomic E-state index is -0.991. The van der Waals surface area contributed by atoms with Gasteiger partial charge in [0.15, 0.2) is 0 Å². The number of fused-ring (bicyclic) bond motifs is 3. The quantitative estimate of drug-likeness (QED) is 0.230. The zero-order valence-corrected chi connectivity index (χ0v) is 23.5. The van der Waals surface area contributed by atoms with Crippen molar-refractivity contribution in [3.05, 3.63) is 76.0 Å². The highest BCUT2D eigenvalue weighted by Crippen LogP contribution is 2.33. The molecule has 0 bridgehead atoms. The van der Waals surface area contributed by atoms with Crippen molar-refractivity contribution in [1.29, 1.82) is 5.26 Å². The summed E-state index contributed by atoms with van der Waals surface area (Å²) in [5, 5.41) is 21.7. The molecule has 0 saturated heterocycles. The van der Waals surface area contributed by atoms with E-state index in [0.29, 0.717) is 29.7 Å². The Morgan fingerprint density at radius 2 is 1.80 bits per heavy atom. The maximum absolute atomic E-state index is 13.1. The lowest BCUT2D eigenvalue weighted by molar-refractivity contribution is -0.141. The molecule has 0 spiro atoms. The maximum atomic E-state index is 13.1. The van der Waals surface area contributed by atoms with Gasteiger partial charge >= 0.3 is 5.97 Å². The van der Waals surface area contributed by atoms with Crippen molar-refractivity contribution in [2.24, 2.45) is 11.8 Å². The van der Waals surface area contributed by atoms with Crippen molar-refractivity contribution in [3.63, 3.8) is 0 Å². The van der Waals surface area contributed by atoms with Crippen molar-refractivity contribution in [2.75, 3.05) is 6.54 Å². The summed E-state index contributed by atoms with van der Waals surface area (Å²) in [4.78, 5) is 30.8. The Morgan fingerprint density at radius 1 is 1.02 bits per heavy atom. The Labute approximate surface area is 242 Å². The van der Waals surface area contributed by atoms with Gasteiger partial charge in [-0.3, -0.25) is 14.6 Å². The molecule has 1 saturated carbocycles. The molecule has 2 aromatic heterocycles. The molecule has 0 unspecified atom stereocenters. The lowest BCUT2D eigenvalue weighted by atomic mass is 9.82. The average Bonchev–Trinajstić information content (AvgIpc) is 3.26. The second-order valence-electron chi connectivity index (χ2n) is 10.5. The Morgan fingerprint density at radius 3 is 2.55 bits per heavy atom. The standard InChI is InChI=1S/C31H30Cl2N4O3/c32-23-9-10-27(33)22(13-23)18-37-28-4-2-1-3-25(28)26-14-24(35-16-29(26)37)19-36(30(38)11-12-31(39)40)17-21-7-5-20(15-34)6-8-21/h1-4,9-10,13-14,16,20-21H,5-8,11-12,17-19H2,(H,39,40). The Bertz CT molecular complexity index is 1600. The molecular formula is C31H30Cl2N4O3. The third-order valence-corrected chi connectivity index (χ3v) is 8.42. The number of amides is 1. The highest BCUT2D eigenvalue weighted by atomic mass is 35.5. The molecule has 2 aromatic carbocycles. The van der Waals surface area contributed by atoms with Crippen LogP contribution in [0.3, 0.4) is 0 Å². The van der Waals surface area contributed by atoms with E-state index < -0.39 is 5.97 Å². The number of carboxylic acids is 1. The van der Waals surface area contributed by atoms with Gasteiger partial charge in [-0.05, 0) is 67.5 Å². The molecule has 0 radical (unpaired) electrons. The number of benzene rings is 2. The molecule has 5 rings (SSSR count). The van der Waals surface area contributed by atoms with Gasteiger partial charge in [0, 0.05) is 51.8 Å². The van der Waals surface area contributed by atoms with Gasteiger partial charge in [0.25, 0.3) is 0 Å². The van der Waals surface area contributed by atoms with Gasteiger partial charge in [-0.15, -0.1) is 0 Å². The van der Waals surface area contributed by atoms with E-state index in [0.717, 1.165) is 58.7 Å². The first-order chi connectivity index (χ1) is 19.3. The topological polar surface area (TPSA) is 99.2 Å². The van der Waals surface area contributed by atoms with Crippen molar-refractivity contribution in [2.45, 2.75) is 51.6 Å². The first-order valence-electron chi connectivity index (χ1n) is 13.5. The fraction of sp³-hybridized carbons (Fsp3) is 0.355. The van der Waals surface area contributed by atoms with Crippen molar-refractivity contribution >= 4 is 56.9 Å². The van der Waals surface area contributed by atoms with Gasteiger partial charge in [0.1, 0.15) is 0 Å². The normalized spacial score (nSPS) is 17.1. The molecule has 9 heteroatoms. The Kier molecular flexibility index (Phi) is 8.58. The third-order valence-electron chi connectivity index (χ3n) is 7.82. The molecule has 1 fully saturated rings. The maximum Gasteiger partial charge on any atom is 0.303 e. The second kappa shape index (κ2) is 12.3. The lowest BCUT2D eigenvalue weighted by Gasteiger charge is -2.31. The Balaban J connectivity index is 1.45. The van der Waals surface area contributed by atoms with Crippen molar-refractivity contribution in [1.82, 2.24) is 14.5 Å². The molecule has 4 aromatic rings. The summed E-state index contributed by atoms with van der Waals surface area (Å²) in [5.41, 5.74) is 3.63. The van der Waals surface area contributed by atoms with Crippen LogP contribution in [-0.2, 0) is 22.7 Å². The molecule has 1 aliphatic carbocycles. The van der Waals surface area contributed by atoms with E-state index in [9.17, 15) is 14.9 Å². The van der Waals surface area contributed by atoms with Crippen LogP contribution in [0.4, 0.5) is 0 Å². The van der Waals surface area contributed by atoms with Crippen LogP contribution in [0.2, 0.25) is 10.0 Å². The lowest BCUT2D eigenvalue weighted by Crippen LogP contribution is -2.36. The van der Waals surface area contributed by atoms with Crippen LogP contribution in [0.1, 0.15) is 49.8 Å². The highest BCUT2D eigenvalue weighted by Gasteiger charge is 2.26. The van der Waals surface area contributed by atoms with Crippen LogP contribution in [0, 0.1) is 23.2 Å². The molecule has 1 amide bonds. The van der Waals surface area contributed by atoms with Crippen LogP contribution in [0.5, 0.6) is 0 Å². The summed E-state index contributed by atoms with van der Waals surface area (Å²) >= 11 is 12.7. The number of carbonyl (C=O) groups is 2. The number of hydrogen-bond acceptors (Lipinski definition) is 4. The Hall–Kier alpha value is -3.60. The number of pyridine rings is 1. The first-order valence-corrected chi connectivity index (χ1v) is 14.3. The third kappa shape index (κ3) is 6.24. The van der Waals surface area contributed by atoms with Crippen molar-refractivity contribution < 1.29 is 14.7 Å². The van der Waals surface area contributed by atoms with Crippen LogP contribution in [0.25, 0.3) is 21.8 Å². The zero-order valence-electron chi connectivity index (χ0n) is 22.0. The predicted molar refractivity (Wildman–Crippen MR) is 156 cm³/mol. The van der Waals surface area contributed by atoms with Crippen LogP contribution < -0.4 is 0 Å². The number of carbonyl (C=O) groups excluding carboxylic acids is 1. The number of halogens is 2. The molecule has 1 aliphatic rings. The van der Waals surface area contributed by atoms with E-state index in [1.807, 2.05) is 30.5 Å². The first kappa shape index (κ1) is 27.9. The van der Waals surface area contributed by atoms with E-state index in [-0.39, 0.29) is 30.6 Å². The van der Waals surface area contributed by atoms with Gasteiger partial charge in [-0.2, -0.15) is 5.26 Å². The largest absolute Gasteiger partial charge is 0.481 e. The molecule has 40 heavy (non-hydrogen) atoms. The predicted octanol–water partition coefficient (Wildman–Crippen LogP) is 7.07. The van der Waals surface area contributed by atoms with Gasteiger partial charge < -0.3 is 14.6 Å². The fourth-order valence-corrected chi connectivity index (χ4v) is 6.06. The minimum Gasteiger partial charge on any atom is -0.481 e. The summed E-state index contributed by atoms with van der Waals surface area (Å²) in [6.45, 7) is 1.35. The average molecular weight is 578 g/mol. The van der Waals surface area contributed by atoms with E-state index in [2.05, 4.69) is 22.8 Å². The van der Waals surface area contributed by atoms with Crippen LogP contribution in [-0.4, -0.2) is 38.0 Å². The molecular weight excluding hydrogens is 547 g/mol. The number of rotatable bonds is 9. The number of nitriles is 1. The molecule has 0 aliphatic heterocycles. The van der Waals surface area contributed by atoms with E-state index in [1.54, 1.807) is 17.0 Å². The van der Waals surface area contributed by atoms with E-state index in [4.69, 9.17) is 33.3 Å². The molecule has 0 atom stereocenters. The number of aliphatic carboxylic acids is 1. The summed E-state index contributed by atoms with van der Waals surface area (Å²) in [6.07, 6.45) is 5.01. The minimum absolute atomic E-state index is 0.0508. The fourth-order valence-electron chi connectivity index (χ4n) is 5.69. The summed E-state index contributed by atoms with van der Waals surface area (Å²) < 4.78 is 2.17. The van der Waals surface area contributed by atoms with Crippen LogP contribution >= 0.6 is 23.2 Å². The molecule has 2 heterocycles. The van der Waals surface area contributed by atoms with Gasteiger partial charge in [-0.25, -0.2) is 0 Å². The van der Waals surface area contributed by atoms with E-state index in [1.165, 1.54) is 0 Å². The number of aromatic nitrogens is 2. The zero-order chi connectivity index (χ0) is 28.2. The number of carboxylic acid groups (broad SMARTS) is 1. The molecule has 206 valence electrons. The van der Waals surface area contributed by atoms with Crippen LogP contribution in [0.15, 0.2) is 54.7 Å².